The largest absolute Gasteiger partial charge is 0.501 e. The second-order valence-electron chi connectivity index (χ2n) is 3.76. The van der Waals surface area contributed by atoms with Crippen molar-refractivity contribution in [3.63, 3.8) is 0 Å². The van der Waals surface area contributed by atoms with Gasteiger partial charge in [-0.25, -0.2) is 8.42 Å². The molecule has 0 heterocycles. The van der Waals surface area contributed by atoms with Crippen molar-refractivity contribution in [1.29, 1.82) is 0 Å². The third kappa shape index (κ3) is 3.99. The number of hydrogen-bond donors (Lipinski definition) is 1. The first-order chi connectivity index (χ1) is 8.79. The van der Waals surface area contributed by atoms with Gasteiger partial charge in [0.1, 0.15) is 0 Å². The lowest BCUT2D eigenvalue weighted by molar-refractivity contribution is -0.0436. The average Bonchev–Trinajstić information content (AvgIpc) is 2.34. The van der Waals surface area contributed by atoms with Crippen LogP contribution in [0.25, 0.3) is 0 Å². The van der Waals surface area contributed by atoms with Crippen LogP contribution in [0.3, 0.4) is 0 Å². The molecule has 0 fully saturated rings. The van der Waals surface area contributed by atoms with Crippen molar-refractivity contribution in [3.05, 3.63) is 36.4 Å². The van der Waals surface area contributed by atoms with Crippen LogP contribution in [0.1, 0.15) is 13.3 Å². The highest BCUT2D eigenvalue weighted by molar-refractivity contribution is 7.92. The summed E-state index contributed by atoms with van der Waals surface area (Å²) in [5.41, 5.74) is -4.70. The summed E-state index contributed by atoms with van der Waals surface area (Å²) in [6.45, 7) is 2.51. The monoisotopic (exact) mass is 293 g/mol. The molecule has 0 aromatic heterocycles. The van der Waals surface area contributed by atoms with Gasteiger partial charge in [0.2, 0.25) is 0 Å². The Morgan fingerprint density at radius 2 is 1.79 bits per heavy atom. The van der Waals surface area contributed by atoms with E-state index in [9.17, 15) is 21.6 Å². The standard InChI is InChI=1S/C12H14F3NO2S/c1-2-3-4-9-16-10-5-7-11(8-6-10)19(17,18)12(13,14)15/h2-3,5-8,16H,4,9H2,1H3/b3-2+. The maximum absolute atomic E-state index is 12.3. The summed E-state index contributed by atoms with van der Waals surface area (Å²) >= 11 is 0. The van der Waals surface area contributed by atoms with Gasteiger partial charge >= 0.3 is 5.51 Å². The maximum Gasteiger partial charge on any atom is 0.501 e. The van der Waals surface area contributed by atoms with E-state index in [0.717, 1.165) is 18.6 Å². The Labute approximate surface area is 110 Å². The highest BCUT2D eigenvalue weighted by Gasteiger charge is 2.46. The smallest absolute Gasteiger partial charge is 0.385 e. The molecule has 0 atom stereocenters. The zero-order chi connectivity index (χ0) is 14.5. The molecule has 0 aliphatic heterocycles. The third-order valence-corrected chi connectivity index (χ3v) is 3.85. The SMILES string of the molecule is C/C=C/CCNc1ccc(S(=O)(=O)C(F)(F)F)cc1. The summed E-state index contributed by atoms with van der Waals surface area (Å²) in [7, 11) is -5.26. The molecule has 106 valence electrons. The van der Waals surface area contributed by atoms with Gasteiger partial charge in [0, 0.05) is 12.2 Å². The summed E-state index contributed by atoms with van der Waals surface area (Å²) in [5, 5.41) is 2.97. The molecule has 0 radical (unpaired) electrons. The van der Waals surface area contributed by atoms with Crippen LogP contribution in [-0.4, -0.2) is 20.5 Å². The maximum atomic E-state index is 12.3. The molecule has 0 bridgehead atoms. The first kappa shape index (κ1) is 15.6. The van der Waals surface area contributed by atoms with E-state index in [1.54, 1.807) is 0 Å². The van der Waals surface area contributed by atoms with Crippen molar-refractivity contribution in [2.75, 3.05) is 11.9 Å². The molecule has 0 saturated carbocycles. The van der Waals surface area contributed by atoms with Gasteiger partial charge in [-0.2, -0.15) is 13.2 Å². The molecule has 0 aliphatic rings. The number of sulfone groups is 1. The Bertz CT molecular complexity index is 533. The number of allylic oxidation sites excluding steroid dienone is 1. The molecule has 0 amide bonds. The van der Waals surface area contributed by atoms with E-state index < -0.39 is 20.2 Å². The van der Waals surface area contributed by atoms with E-state index in [2.05, 4.69) is 5.32 Å². The van der Waals surface area contributed by atoms with E-state index in [0.29, 0.717) is 12.2 Å². The first-order valence-corrected chi connectivity index (χ1v) is 7.04. The Hall–Kier alpha value is -1.50. The minimum absolute atomic E-state index is 0.575. The van der Waals surface area contributed by atoms with E-state index in [-0.39, 0.29) is 0 Å². The van der Waals surface area contributed by atoms with E-state index >= 15 is 0 Å². The van der Waals surface area contributed by atoms with Crippen LogP contribution < -0.4 is 5.32 Å². The Balaban J connectivity index is 2.77. The summed E-state index contributed by atoms with van der Waals surface area (Å²) in [4.78, 5) is -0.751. The molecule has 0 unspecified atom stereocenters. The van der Waals surface area contributed by atoms with Gasteiger partial charge in [0.15, 0.2) is 0 Å². The molecular formula is C12H14F3NO2S. The molecule has 0 spiro atoms. The summed E-state index contributed by atoms with van der Waals surface area (Å²) < 4.78 is 59.1. The fourth-order valence-corrected chi connectivity index (χ4v) is 2.11. The second-order valence-corrected chi connectivity index (χ2v) is 5.70. The summed E-state index contributed by atoms with van der Waals surface area (Å²) in [6.07, 6.45) is 4.61. The molecule has 0 saturated heterocycles. The molecule has 1 N–H and O–H groups in total. The predicted molar refractivity (Wildman–Crippen MR) is 67.6 cm³/mol. The second kappa shape index (κ2) is 6.10. The van der Waals surface area contributed by atoms with E-state index in [4.69, 9.17) is 0 Å². The number of benzene rings is 1. The van der Waals surface area contributed by atoms with Crippen molar-refractivity contribution >= 4 is 15.5 Å². The van der Waals surface area contributed by atoms with E-state index in [1.165, 1.54) is 12.1 Å². The fourth-order valence-electron chi connectivity index (χ4n) is 1.35. The summed E-state index contributed by atoms with van der Waals surface area (Å²) in [5.74, 6) is 0. The van der Waals surface area contributed by atoms with Crippen molar-refractivity contribution < 1.29 is 21.6 Å². The minimum Gasteiger partial charge on any atom is -0.385 e. The third-order valence-electron chi connectivity index (χ3n) is 2.35. The molecule has 1 aromatic carbocycles. The molecule has 3 nitrogen and oxygen atoms in total. The summed E-state index contributed by atoms with van der Waals surface area (Å²) in [6, 6.07) is 4.52. The van der Waals surface area contributed by atoms with E-state index in [1.807, 2.05) is 19.1 Å². The van der Waals surface area contributed by atoms with Crippen LogP contribution in [0.15, 0.2) is 41.3 Å². The Morgan fingerprint density at radius 1 is 1.21 bits per heavy atom. The van der Waals surface area contributed by atoms with Crippen LogP contribution in [0.5, 0.6) is 0 Å². The molecule has 19 heavy (non-hydrogen) atoms. The van der Waals surface area contributed by atoms with Crippen molar-refractivity contribution in [1.82, 2.24) is 0 Å². The number of rotatable bonds is 5. The molecule has 0 aliphatic carbocycles. The molecule has 1 aromatic rings. The molecular weight excluding hydrogens is 279 g/mol. The van der Waals surface area contributed by atoms with Gasteiger partial charge in [-0.3, -0.25) is 0 Å². The normalized spacial score (nSPS) is 12.8. The lowest BCUT2D eigenvalue weighted by atomic mass is 10.3. The van der Waals surface area contributed by atoms with Crippen LogP contribution in [0.2, 0.25) is 0 Å². The van der Waals surface area contributed by atoms with Gasteiger partial charge in [-0.15, -0.1) is 0 Å². The zero-order valence-corrected chi connectivity index (χ0v) is 11.1. The number of anilines is 1. The fraction of sp³-hybridized carbons (Fsp3) is 0.333. The van der Waals surface area contributed by atoms with Crippen molar-refractivity contribution in [3.8, 4) is 0 Å². The van der Waals surface area contributed by atoms with Crippen LogP contribution in [-0.2, 0) is 9.84 Å². The van der Waals surface area contributed by atoms with Gasteiger partial charge in [-0.05, 0) is 37.6 Å². The number of alkyl halides is 3. The van der Waals surface area contributed by atoms with Crippen molar-refractivity contribution in [2.45, 2.75) is 23.7 Å². The van der Waals surface area contributed by atoms with Crippen molar-refractivity contribution in [2.24, 2.45) is 0 Å². The van der Waals surface area contributed by atoms with Crippen LogP contribution in [0, 0.1) is 0 Å². The lowest BCUT2D eigenvalue weighted by Crippen LogP contribution is -2.23. The highest BCUT2D eigenvalue weighted by atomic mass is 32.2. The van der Waals surface area contributed by atoms with Gasteiger partial charge < -0.3 is 5.32 Å². The number of halogens is 3. The molecule has 1 rings (SSSR count). The quantitative estimate of drug-likeness (QED) is 0.669. The highest BCUT2D eigenvalue weighted by Crippen LogP contribution is 2.30. The van der Waals surface area contributed by atoms with Gasteiger partial charge in [0.25, 0.3) is 9.84 Å². The number of nitrogens with one attached hydrogen (secondary N) is 1. The predicted octanol–water partition coefficient (Wildman–Crippen LogP) is 3.36. The Kier molecular flexibility index (Phi) is 4.99. The average molecular weight is 293 g/mol. The van der Waals surface area contributed by atoms with Crippen LogP contribution in [0.4, 0.5) is 18.9 Å². The van der Waals surface area contributed by atoms with Crippen LogP contribution >= 0.6 is 0 Å². The van der Waals surface area contributed by atoms with Gasteiger partial charge in [0.05, 0.1) is 4.90 Å². The van der Waals surface area contributed by atoms with Gasteiger partial charge in [-0.1, -0.05) is 12.2 Å². The minimum atomic E-state index is -5.27. The first-order valence-electron chi connectivity index (χ1n) is 5.55. The Morgan fingerprint density at radius 3 is 2.26 bits per heavy atom. The lowest BCUT2D eigenvalue weighted by Gasteiger charge is -2.09. The zero-order valence-electron chi connectivity index (χ0n) is 10.2. The molecule has 7 heteroatoms. The topological polar surface area (TPSA) is 46.2 Å². The number of hydrogen-bond acceptors (Lipinski definition) is 3.